The third kappa shape index (κ3) is 2.91. The molecule has 3 rings (SSSR count). The number of aromatic amines is 1. The van der Waals surface area contributed by atoms with Crippen LogP contribution in [0.1, 0.15) is 12.5 Å². The molecule has 0 fully saturated rings. The van der Waals surface area contributed by atoms with Crippen molar-refractivity contribution >= 4 is 22.8 Å². The Hall–Kier alpha value is -3.36. The van der Waals surface area contributed by atoms with Crippen LogP contribution in [0.15, 0.2) is 39.0 Å². The molecular weight excluding hydrogens is 324 g/mol. The van der Waals surface area contributed by atoms with Crippen molar-refractivity contribution < 1.29 is 4.74 Å². The molecule has 0 bridgehead atoms. The van der Waals surface area contributed by atoms with Crippen LogP contribution in [0.25, 0.3) is 11.2 Å². The van der Waals surface area contributed by atoms with Crippen molar-refractivity contribution in [2.45, 2.75) is 6.92 Å². The number of aryl methyl sites for hydroxylation is 2. The predicted octanol–water partition coefficient (Wildman–Crippen LogP) is 0.805. The van der Waals surface area contributed by atoms with Crippen LogP contribution in [-0.4, -0.2) is 31.9 Å². The predicted molar refractivity (Wildman–Crippen MR) is 95.4 cm³/mol. The van der Waals surface area contributed by atoms with Gasteiger partial charge in [-0.05, 0) is 36.8 Å². The normalized spacial score (nSPS) is 11.8. The largest absolute Gasteiger partial charge is 0.497 e. The fourth-order valence-electron chi connectivity index (χ4n) is 2.44. The summed E-state index contributed by atoms with van der Waals surface area (Å²) in [5.74, 6) is 1.12. The lowest BCUT2D eigenvalue weighted by molar-refractivity contribution is 0.415. The lowest BCUT2D eigenvalue weighted by Gasteiger charge is -2.04. The van der Waals surface area contributed by atoms with Gasteiger partial charge >= 0.3 is 5.69 Å². The van der Waals surface area contributed by atoms with Crippen molar-refractivity contribution in [3.05, 3.63) is 50.7 Å². The summed E-state index contributed by atoms with van der Waals surface area (Å²) in [5, 5.41) is 4.30. The Bertz CT molecular complexity index is 1070. The molecule has 0 aliphatic carbocycles. The fraction of sp³-hybridized carbons (Fsp3) is 0.250. The average molecular weight is 342 g/mol. The molecule has 0 spiro atoms. The zero-order valence-electron chi connectivity index (χ0n) is 14.3. The van der Waals surface area contributed by atoms with E-state index in [0.717, 1.165) is 17.0 Å². The molecule has 1 aromatic carbocycles. The van der Waals surface area contributed by atoms with Gasteiger partial charge in [0.2, 0.25) is 5.95 Å². The summed E-state index contributed by atoms with van der Waals surface area (Å²) in [6.45, 7) is 1.85. The zero-order valence-corrected chi connectivity index (χ0v) is 14.3. The van der Waals surface area contributed by atoms with E-state index in [0.29, 0.717) is 11.5 Å². The van der Waals surface area contributed by atoms with E-state index >= 15 is 0 Å². The number of aromatic nitrogens is 4. The minimum atomic E-state index is -0.514. The van der Waals surface area contributed by atoms with E-state index in [1.54, 1.807) is 25.8 Å². The van der Waals surface area contributed by atoms with Gasteiger partial charge in [-0.25, -0.2) is 10.2 Å². The second kappa shape index (κ2) is 6.27. The zero-order chi connectivity index (χ0) is 18.1. The minimum absolute atomic E-state index is 0.288. The second-order valence-electron chi connectivity index (χ2n) is 5.52. The van der Waals surface area contributed by atoms with Crippen molar-refractivity contribution in [1.82, 2.24) is 19.1 Å². The van der Waals surface area contributed by atoms with Crippen molar-refractivity contribution in [2.24, 2.45) is 19.2 Å². The van der Waals surface area contributed by atoms with Crippen LogP contribution in [0.2, 0.25) is 0 Å². The molecule has 0 unspecified atom stereocenters. The Morgan fingerprint density at radius 2 is 1.88 bits per heavy atom. The molecule has 0 aliphatic rings. The Balaban J connectivity index is 1.96. The molecule has 0 atom stereocenters. The molecule has 0 amide bonds. The van der Waals surface area contributed by atoms with Crippen molar-refractivity contribution in [3.63, 3.8) is 0 Å². The van der Waals surface area contributed by atoms with Crippen LogP contribution < -0.4 is 21.4 Å². The number of methoxy groups -OCH3 is 1. The highest BCUT2D eigenvalue weighted by Crippen LogP contribution is 2.14. The molecular formula is C16H18N6O3. The van der Waals surface area contributed by atoms with Crippen LogP contribution in [0.4, 0.5) is 5.95 Å². The fourth-order valence-corrected chi connectivity index (χ4v) is 2.44. The van der Waals surface area contributed by atoms with Gasteiger partial charge in [0, 0.05) is 14.1 Å². The van der Waals surface area contributed by atoms with E-state index in [4.69, 9.17) is 4.74 Å². The van der Waals surface area contributed by atoms with Gasteiger partial charge in [-0.1, -0.05) is 0 Å². The maximum atomic E-state index is 12.0. The topological polar surface area (TPSA) is 106 Å². The first-order valence-electron chi connectivity index (χ1n) is 7.53. The molecule has 3 aromatic rings. The highest BCUT2D eigenvalue weighted by molar-refractivity contribution is 5.99. The Labute approximate surface area is 142 Å². The minimum Gasteiger partial charge on any atom is -0.497 e. The summed E-state index contributed by atoms with van der Waals surface area (Å²) in [4.78, 5) is 30.2. The standard InChI is InChI=1S/C16H18N6O3/c1-9(10-5-7-11(25-4)8-6-10)19-20-15-17-13-12(21(15)2)14(23)18-16(24)22(13)3/h5-8H,1-4H3,(H,17,20)(H,18,23,24)/b19-9-. The van der Waals surface area contributed by atoms with Crippen molar-refractivity contribution in [3.8, 4) is 5.75 Å². The number of imidazole rings is 1. The Morgan fingerprint density at radius 1 is 1.20 bits per heavy atom. The number of nitrogens with one attached hydrogen (secondary N) is 2. The van der Waals surface area contributed by atoms with Gasteiger partial charge in [0.1, 0.15) is 5.75 Å². The highest BCUT2D eigenvalue weighted by atomic mass is 16.5. The lowest BCUT2D eigenvalue weighted by atomic mass is 10.1. The average Bonchev–Trinajstić information content (AvgIpc) is 2.95. The third-order valence-electron chi connectivity index (χ3n) is 3.97. The molecule has 9 heteroatoms. The highest BCUT2D eigenvalue weighted by Gasteiger charge is 2.14. The summed E-state index contributed by atoms with van der Waals surface area (Å²) in [6, 6.07) is 7.48. The monoisotopic (exact) mass is 342 g/mol. The number of fused-ring (bicyclic) bond motifs is 1. The summed E-state index contributed by atoms with van der Waals surface area (Å²) < 4.78 is 7.96. The van der Waals surface area contributed by atoms with E-state index < -0.39 is 11.2 Å². The maximum Gasteiger partial charge on any atom is 0.329 e. The summed E-state index contributed by atoms with van der Waals surface area (Å²) >= 11 is 0. The first-order valence-corrected chi connectivity index (χ1v) is 7.53. The number of hydrazone groups is 1. The first kappa shape index (κ1) is 16.5. The van der Waals surface area contributed by atoms with Crippen LogP contribution in [-0.2, 0) is 14.1 Å². The Morgan fingerprint density at radius 3 is 2.52 bits per heavy atom. The van der Waals surface area contributed by atoms with E-state index in [1.165, 1.54) is 4.57 Å². The molecule has 2 heterocycles. The van der Waals surface area contributed by atoms with E-state index in [1.807, 2.05) is 31.2 Å². The van der Waals surface area contributed by atoms with Crippen LogP contribution in [0, 0.1) is 0 Å². The number of ether oxygens (including phenoxy) is 1. The van der Waals surface area contributed by atoms with Gasteiger partial charge in [-0.3, -0.25) is 14.3 Å². The number of rotatable bonds is 4. The number of nitrogens with zero attached hydrogens (tertiary/aromatic N) is 4. The second-order valence-corrected chi connectivity index (χ2v) is 5.52. The SMILES string of the molecule is COc1ccc(/C(C)=N\Nc2nc3c(c(=O)[nH]c(=O)n3C)n2C)cc1. The van der Waals surface area contributed by atoms with Gasteiger partial charge < -0.3 is 9.30 Å². The molecule has 0 radical (unpaired) electrons. The summed E-state index contributed by atoms with van der Waals surface area (Å²) in [7, 11) is 4.83. The lowest BCUT2D eigenvalue weighted by Crippen LogP contribution is -2.29. The molecule has 2 aromatic heterocycles. The number of anilines is 1. The molecule has 2 N–H and O–H groups in total. The molecule has 25 heavy (non-hydrogen) atoms. The van der Waals surface area contributed by atoms with Crippen molar-refractivity contribution in [1.29, 1.82) is 0 Å². The van der Waals surface area contributed by atoms with Crippen LogP contribution >= 0.6 is 0 Å². The summed E-state index contributed by atoms with van der Waals surface area (Å²) in [5.41, 5.74) is 4.07. The summed E-state index contributed by atoms with van der Waals surface area (Å²) in [6.07, 6.45) is 0. The smallest absolute Gasteiger partial charge is 0.329 e. The van der Waals surface area contributed by atoms with Crippen LogP contribution in [0.3, 0.4) is 0 Å². The van der Waals surface area contributed by atoms with Crippen molar-refractivity contribution in [2.75, 3.05) is 12.5 Å². The number of benzene rings is 1. The van der Waals surface area contributed by atoms with E-state index in [2.05, 4.69) is 20.5 Å². The molecule has 9 nitrogen and oxygen atoms in total. The third-order valence-corrected chi connectivity index (χ3v) is 3.97. The molecule has 0 aliphatic heterocycles. The van der Waals surface area contributed by atoms with E-state index in [9.17, 15) is 9.59 Å². The molecule has 0 saturated carbocycles. The first-order chi connectivity index (χ1) is 11.9. The van der Waals surface area contributed by atoms with Gasteiger partial charge in [0.05, 0.1) is 12.8 Å². The maximum absolute atomic E-state index is 12.0. The van der Waals surface area contributed by atoms with Gasteiger partial charge in [-0.2, -0.15) is 10.1 Å². The Kier molecular flexibility index (Phi) is 4.14. The van der Waals surface area contributed by atoms with Crippen LogP contribution in [0.5, 0.6) is 5.75 Å². The molecule has 130 valence electrons. The number of hydrogen-bond acceptors (Lipinski definition) is 6. The number of hydrogen-bond donors (Lipinski definition) is 2. The molecule has 0 saturated heterocycles. The van der Waals surface area contributed by atoms with Gasteiger partial charge in [-0.15, -0.1) is 0 Å². The van der Waals surface area contributed by atoms with Gasteiger partial charge in [0.15, 0.2) is 11.2 Å². The number of H-pyrrole nitrogens is 1. The quantitative estimate of drug-likeness (QED) is 0.539. The van der Waals surface area contributed by atoms with Gasteiger partial charge in [0.25, 0.3) is 5.56 Å². The van der Waals surface area contributed by atoms with E-state index in [-0.39, 0.29) is 5.65 Å².